The van der Waals surface area contributed by atoms with Crippen molar-refractivity contribution in [3.8, 4) is 10.6 Å². The van der Waals surface area contributed by atoms with Crippen LogP contribution in [0.5, 0.6) is 0 Å². The number of hydrogen-bond donors (Lipinski definition) is 1. The van der Waals surface area contributed by atoms with Crippen LogP contribution in [0.3, 0.4) is 0 Å². The molecule has 1 atom stereocenters. The number of ether oxygens (including phenoxy) is 1. The third-order valence-corrected chi connectivity index (χ3v) is 5.31. The van der Waals surface area contributed by atoms with Gasteiger partial charge in [-0.1, -0.05) is 54.5 Å². The van der Waals surface area contributed by atoms with Crippen molar-refractivity contribution in [1.29, 1.82) is 0 Å². The van der Waals surface area contributed by atoms with Gasteiger partial charge in [-0.15, -0.1) is 10.2 Å². The number of morpholine rings is 1. The van der Waals surface area contributed by atoms with Crippen LogP contribution in [0.4, 0.5) is 5.13 Å². The van der Waals surface area contributed by atoms with E-state index >= 15 is 0 Å². The van der Waals surface area contributed by atoms with Crippen molar-refractivity contribution in [1.82, 2.24) is 15.1 Å². The molecule has 1 unspecified atom stereocenters. The monoisotopic (exact) mass is 380 g/mol. The number of hydrogen-bond acceptors (Lipinski definition) is 6. The Morgan fingerprint density at radius 3 is 2.84 bits per heavy atom. The fourth-order valence-electron chi connectivity index (χ4n) is 2.85. The Labute approximate surface area is 156 Å². The van der Waals surface area contributed by atoms with Crippen molar-refractivity contribution < 1.29 is 9.53 Å². The van der Waals surface area contributed by atoms with E-state index in [1.54, 1.807) is 0 Å². The zero-order valence-corrected chi connectivity index (χ0v) is 15.6. The average molecular weight is 381 g/mol. The van der Waals surface area contributed by atoms with Crippen LogP contribution in [-0.4, -0.2) is 53.3 Å². The molecule has 3 rings (SSSR count). The highest BCUT2D eigenvalue weighted by Gasteiger charge is 2.27. The topological polar surface area (TPSA) is 67.4 Å². The lowest BCUT2D eigenvalue weighted by molar-refractivity contribution is -0.123. The van der Waals surface area contributed by atoms with Gasteiger partial charge >= 0.3 is 0 Å². The van der Waals surface area contributed by atoms with Crippen molar-refractivity contribution in [3.05, 3.63) is 29.3 Å². The minimum Gasteiger partial charge on any atom is -0.379 e. The van der Waals surface area contributed by atoms with Crippen LogP contribution >= 0.6 is 22.9 Å². The SMILES string of the molecule is CCCC(C(=O)Nc1nnc(-c2ccccc2Cl)s1)N1CCOCC1. The van der Waals surface area contributed by atoms with Gasteiger partial charge in [0.15, 0.2) is 5.01 Å². The molecule has 1 aliphatic rings. The Kier molecular flexibility index (Phi) is 6.36. The van der Waals surface area contributed by atoms with Crippen LogP contribution in [0.2, 0.25) is 5.02 Å². The Bertz CT molecular complexity index is 718. The highest BCUT2D eigenvalue weighted by atomic mass is 35.5. The van der Waals surface area contributed by atoms with E-state index in [4.69, 9.17) is 16.3 Å². The van der Waals surface area contributed by atoms with Gasteiger partial charge in [0, 0.05) is 18.7 Å². The minimum absolute atomic E-state index is 0.0365. The first-order chi connectivity index (χ1) is 12.2. The van der Waals surface area contributed by atoms with Gasteiger partial charge in [-0.2, -0.15) is 0 Å². The maximum absolute atomic E-state index is 12.7. The molecule has 0 spiro atoms. The quantitative estimate of drug-likeness (QED) is 0.832. The van der Waals surface area contributed by atoms with Crippen LogP contribution in [0.1, 0.15) is 19.8 Å². The van der Waals surface area contributed by atoms with E-state index in [2.05, 4.69) is 27.3 Å². The molecule has 25 heavy (non-hydrogen) atoms. The summed E-state index contributed by atoms with van der Waals surface area (Å²) in [7, 11) is 0. The lowest BCUT2D eigenvalue weighted by atomic mass is 10.1. The highest BCUT2D eigenvalue weighted by Crippen LogP contribution is 2.31. The van der Waals surface area contributed by atoms with Gasteiger partial charge in [0.2, 0.25) is 11.0 Å². The van der Waals surface area contributed by atoms with Crippen LogP contribution < -0.4 is 5.32 Å². The number of rotatable bonds is 6. The standard InChI is InChI=1S/C17H21ClN4O2S/c1-2-5-14(22-8-10-24-11-9-22)15(23)19-17-21-20-16(25-17)12-6-3-4-7-13(12)18/h3-4,6-7,14H,2,5,8-11H2,1H3,(H,19,21,23). The zero-order valence-electron chi connectivity index (χ0n) is 14.1. The predicted molar refractivity (Wildman–Crippen MR) is 100 cm³/mol. The Morgan fingerprint density at radius 1 is 1.36 bits per heavy atom. The molecule has 1 fully saturated rings. The maximum atomic E-state index is 12.7. The van der Waals surface area contributed by atoms with Crippen molar-refractivity contribution in [2.45, 2.75) is 25.8 Å². The molecule has 0 radical (unpaired) electrons. The van der Waals surface area contributed by atoms with E-state index in [1.165, 1.54) is 11.3 Å². The minimum atomic E-state index is -0.165. The molecular formula is C17H21ClN4O2S. The van der Waals surface area contributed by atoms with Gasteiger partial charge in [0.05, 0.1) is 24.3 Å². The molecule has 2 heterocycles. The number of halogens is 1. The van der Waals surface area contributed by atoms with Crippen LogP contribution in [0.15, 0.2) is 24.3 Å². The molecule has 8 heteroatoms. The second kappa shape index (κ2) is 8.71. The number of aromatic nitrogens is 2. The van der Waals surface area contributed by atoms with E-state index in [-0.39, 0.29) is 11.9 Å². The van der Waals surface area contributed by atoms with Crippen LogP contribution in [-0.2, 0) is 9.53 Å². The summed E-state index contributed by atoms with van der Waals surface area (Å²) >= 11 is 7.53. The number of carbonyl (C=O) groups excluding carboxylic acids is 1. The molecule has 0 bridgehead atoms. The van der Waals surface area contributed by atoms with Gasteiger partial charge in [-0.05, 0) is 12.5 Å². The summed E-state index contributed by atoms with van der Waals surface area (Å²) in [6.07, 6.45) is 1.75. The molecule has 2 aromatic rings. The Morgan fingerprint density at radius 2 is 2.12 bits per heavy atom. The summed E-state index contributed by atoms with van der Waals surface area (Å²) in [4.78, 5) is 14.9. The second-order valence-corrected chi connectivity index (χ2v) is 7.22. The molecule has 1 saturated heterocycles. The van der Waals surface area contributed by atoms with Crippen molar-refractivity contribution in [2.75, 3.05) is 31.6 Å². The smallest absolute Gasteiger partial charge is 0.243 e. The summed E-state index contributed by atoms with van der Waals surface area (Å²) in [5.74, 6) is -0.0365. The molecule has 1 aromatic heterocycles. The largest absolute Gasteiger partial charge is 0.379 e. The molecule has 0 saturated carbocycles. The first kappa shape index (κ1) is 18.3. The third-order valence-electron chi connectivity index (χ3n) is 4.11. The molecule has 1 amide bonds. The first-order valence-corrected chi connectivity index (χ1v) is 9.59. The number of benzene rings is 1. The van der Waals surface area contributed by atoms with Crippen molar-refractivity contribution >= 4 is 34.0 Å². The maximum Gasteiger partial charge on any atom is 0.243 e. The summed E-state index contributed by atoms with van der Waals surface area (Å²) < 4.78 is 5.38. The van der Waals surface area contributed by atoms with Crippen molar-refractivity contribution in [2.24, 2.45) is 0 Å². The molecule has 6 nitrogen and oxygen atoms in total. The normalized spacial score (nSPS) is 16.6. The summed E-state index contributed by atoms with van der Waals surface area (Å²) in [6, 6.07) is 7.31. The van der Waals surface area contributed by atoms with E-state index < -0.39 is 0 Å². The van der Waals surface area contributed by atoms with Gasteiger partial charge in [0.1, 0.15) is 0 Å². The predicted octanol–water partition coefficient (Wildman–Crippen LogP) is 3.30. The number of nitrogens with zero attached hydrogens (tertiary/aromatic N) is 3. The fourth-order valence-corrected chi connectivity index (χ4v) is 3.92. The van der Waals surface area contributed by atoms with Crippen LogP contribution in [0.25, 0.3) is 10.6 Å². The van der Waals surface area contributed by atoms with E-state index in [1.807, 2.05) is 24.3 Å². The number of carbonyl (C=O) groups is 1. The van der Waals surface area contributed by atoms with E-state index in [0.29, 0.717) is 28.4 Å². The summed E-state index contributed by atoms with van der Waals surface area (Å²) in [5.41, 5.74) is 0.820. The van der Waals surface area contributed by atoms with Gasteiger partial charge in [-0.3, -0.25) is 15.0 Å². The molecule has 134 valence electrons. The zero-order chi connectivity index (χ0) is 17.6. The van der Waals surface area contributed by atoms with E-state index in [9.17, 15) is 4.79 Å². The lowest BCUT2D eigenvalue weighted by Crippen LogP contribution is -2.49. The fraction of sp³-hybridized carbons (Fsp3) is 0.471. The molecule has 1 N–H and O–H groups in total. The molecule has 1 aliphatic heterocycles. The Balaban J connectivity index is 1.70. The van der Waals surface area contributed by atoms with Crippen molar-refractivity contribution in [3.63, 3.8) is 0 Å². The highest BCUT2D eigenvalue weighted by molar-refractivity contribution is 7.18. The van der Waals surface area contributed by atoms with E-state index in [0.717, 1.165) is 31.5 Å². The first-order valence-electron chi connectivity index (χ1n) is 8.40. The number of amides is 1. The molecule has 1 aromatic carbocycles. The second-order valence-electron chi connectivity index (χ2n) is 5.83. The number of nitrogens with one attached hydrogen (secondary N) is 1. The third kappa shape index (κ3) is 4.55. The van der Waals surface area contributed by atoms with Gasteiger partial charge in [-0.25, -0.2) is 0 Å². The summed E-state index contributed by atoms with van der Waals surface area (Å²) in [5, 5.41) is 13.0. The van der Waals surface area contributed by atoms with Gasteiger partial charge < -0.3 is 4.74 Å². The van der Waals surface area contributed by atoms with Crippen LogP contribution in [0, 0.1) is 0 Å². The Hall–Kier alpha value is -1.54. The average Bonchev–Trinajstić information content (AvgIpc) is 3.09. The molecule has 0 aliphatic carbocycles. The summed E-state index contributed by atoms with van der Waals surface area (Å²) in [6.45, 7) is 4.98. The van der Waals surface area contributed by atoms with Gasteiger partial charge in [0.25, 0.3) is 0 Å². The number of anilines is 1. The molecular weight excluding hydrogens is 360 g/mol. The lowest BCUT2D eigenvalue weighted by Gasteiger charge is -2.33.